The summed E-state index contributed by atoms with van der Waals surface area (Å²) in [5, 5.41) is 2.66. The molecule has 1 aromatic heterocycles. The van der Waals surface area contributed by atoms with E-state index in [1.807, 2.05) is 0 Å². The van der Waals surface area contributed by atoms with E-state index < -0.39 is 11.7 Å². The number of nitrogens with one attached hydrogen (secondary N) is 1. The van der Waals surface area contributed by atoms with Crippen molar-refractivity contribution in [3.8, 4) is 0 Å². The maximum Gasteiger partial charge on any atom is 0.219 e. The second kappa shape index (κ2) is 4.90. The number of aromatic nitrogens is 1. The van der Waals surface area contributed by atoms with Gasteiger partial charge in [-0.25, -0.2) is 9.37 Å². The van der Waals surface area contributed by atoms with Crippen molar-refractivity contribution in [1.82, 2.24) is 4.98 Å². The molecular weight excluding hydrogens is 253 g/mol. The van der Waals surface area contributed by atoms with Crippen molar-refractivity contribution in [2.24, 2.45) is 5.73 Å². The standard InChI is InChI=1S/C8H9BrFN3O/c9-5-3-6(10)8(13-4-5)12-2-1-7(11)14/h3-4H,1-2H2,(H2,11,14)(H,12,13). The molecular formula is C8H9BrFN3O. The number of anilines is 1. The van der Waals surface area contributed by atoms with Gasteiger partial charge in [-0.2, -0.15) is 0 Å². The first-order valence-electron chi connectivity index (χ1n) is 3.93. The average Bonchev–Trinajstić information content (AvgIpc) is 2.08. The first-order chi connectivity index (χ1) is 6.59. The van der Waals surface area contributed by atoms with E-state index in [0.29, 0.717) is 4.47 Å². The molecule has 3 N–H and O–H groups in total. The van der Waals surface area contributed by atoms with Gasteiger partial charge in [-0.15, -0.1) is 0 Å². The predicted octanol–water partition coefficient (Wildman–Crippen LogP) is 1.27. The fraction of sp³-hybridized carbons (Fsp3) is 0.250. The number of primary amides is 1. The van der Waals surface area contributed by atoms with Crippen LogP contribution in [0.15, 0.2) is 16.7 Å². The summed E-state index contributed by atoms with van der Waals surface area (Å²) in [7, 11) is 0. The Hall–Kier alpha value is -1.17. The summed E-state index contributed by atoms with van der Waals surface area (Å²) < 4.78 is 13.7. The molecule has 1 amide bonds. The van der Waals surface area contributed by atoms with Crippen LogP contribution in [0.4, 0.5) is 10.2 Å². The minimum Gasteiger partial charge on any atom is -0.370 e. The van der Waals surface area contributed by atoms with Gasteiger partial charge in [0.2, 0.25) is 5.91 Å². The minimum atomic E-state index is -0.469. The molecule has 0 saturated carbocycles. The second-order valence-corrected chi connectivity index (χ2v) is 3.54. The molecule has 0 aliphatic carbocycles. The van der Waals surface area contributed by atoms with Gasteiger partial charge in [-0.05, 0) is 22.0 Å². The average molecular weight is 262 g/mol. The van der Waals surface area contributed by atoms with Crippen LogP contribution < -0.4 is 11.1 Å². The number of hydrogen-bond acceptors (Lipinski definition) is 3. The zero-order valence-corrected chi connectivity index (χ0v) is 8.84. The maximum atomic E-state index is 13.1. The number of nitrogens with zero attached hydrogens (tertiary/aromatic N) is 1. The highest BCUT2D eigenvalue weighted by Crippen LogP contribution is 2.15. The van der Waals surface area contributed by atoms with Crippen molar-refractivity contribution in [2.45, 2.75) is 6.42 Å². The zero-order chi connectivity index (χ0) is 10.6. The van der Waals surface area contributed by atoms with Gasteiger partial charge >= 0.3 is 0 Å². The summed E-state index contributed by atoms with van der Waals surface area (Å²) in [5.41, 5.74) is 4.92. The summed E-state index contributed by atoms with van der Waals surface area (Å²) in [6, 6.07) is 1.29. The number of halogens is 2. The number of carbonyl (C=O) groups is 1. The van der Waals surface area contributed by atoms with Gasteiger partial charge in [0.1, 0.15) is 0 Å². The third-order valence-electron chi connectivity index (χ3n) is 1.47. The lowest BCUT2D eigenvalue weighted by molar-refractivity contribution is -0.117. The molecule has 0 spiro atoms. The molecule has 0 bridgehead atoms. The first-order valence-corrected chi connectivity index (χ1v) is 4.72. The van der Waals surface area contributed by atoms with Crippen LogP contribution in [0.2, 0.25) is 0 Å². The van der Waals surface area contributed by atoms with E-state index in [1.54, 1.807) is 0 Å². The predicted molar refractivity (Wildman–Crippen MR) is 54.2 cm³/mol. The molecule has 0 saturated heterocycles. The molecule has 0 aliphatic rings. The first kappa shape index (κ1) is 10.9. The van der Waals surface area contributed by atoms with Crippen LogP contribution in [0.3, 0.4) is 0 Å². The molecule has 0 aromatic carbocycles. The summed E-state index contributed by atoms with van der Waals surface area (Å²) in [4.78, 5) is 14.2. The molecule has 76 valence electrons. The van der Waals surface area contributed by atoms with Crippen LogP contribution in [-0.2, 0) is 4.79 Å². The van der Waals surface area contributed by atoms with Crippen LogP contribution in [-0.4, -0.2) is 17.4 Å². The van der Waals surface area contributed by atoms with Crippen molar-refractivity contribution in [3.63, 3.8) is 0 Å². The zero-order valence-electron chi connectivity index (χ0n) is 7.26. The molecule has 0 fully saturated rings. The molecule has 0 aliphatic heterocycles. The van der Waals surface area contributed by atoms with E-state index in [0.717, 1.165) is 0 Å². The smallest absolute Gasteiger partial charge is 0.219 e. The highest BCUT2D eigenvalue weighted by atomic mass is 79.9. The number of nitrogens with two attached hydrogens (primary N) is 1. The van der Waals surface area contributed by atoms with Crippen LogP contribution >= 0.6 is 15.9 Å². The number of hydrogen-bond donors (Lipinski definition) is 2. The van der Waals surface area contributed by atoms with Gasteiger partial charge in [0.25, 0.3) is 0 Å². The van der Waals surface area contributed by atoms with E-state index in [1.165, 1.54) is 12.3 Å². The van der Waals surface area contributed by atoms with Crippen molar-refractivity contribution < 1.29 is 9.18 Å². The molecule has 14 heavy (non-hydrogen) atoms. The molecule has 6 heteroatoms. The van der Waals surface area contributed by atoms with Gasteiger partial charge < -0.3 is 11.1 Å². The number of amides is 1. The van der Waals surface area contributed by atoms with E-state index in [-0.39, 0.29) is 18.8 Å². The Morgan fingerprint density at radius 2 is 2.43 bits per heavy atom. The molecule has 0 unspecified atom stereocenters. The monoisotopic (exact) mass is 261 g/mol. The van der Waals surface area contributed by atoms with Gasteiger partial charge in [-0.1, -0.05) is 0 Å². The third kappa shape index (κ3) is 3.29. The lowest BCUT2D eigenvalue weighted by Gasteiger charge is -2.04. The largest absolute Gasteiger partial charge is 0.370 e. The normalized spacial score (nSPS) is 9.86. The van der Waals surface area contributed by atoms with Crippen LogP contribution in [0.1, 0.15) is 6.42 Å². The second-order valence-electron chi connectivity index (χ2n) is 2.63. The highest BCUT2D eigenvalue weighted by Gasteiger charge is 2.03. The number of carbonyl (C=O) groups excluding carboxylic acids is 1. The van der Waals surface area contributed by atoms with Crippen LogP contribution in [0.25, 0.3) is 0 Å². The fourth-order valence-electron chi connectivity index (χ4n) is 0.849. The van der Waals surface area contributed by atoms with Crippen LogP contribution in [0, 0.1) is 5.82 Å². The SMILES string of the molecule is NC(=O)CCNc1ncc(Br)cc1F. The summed E-state index contributed by atoms with van der Waals surface area (Å²) in [6.07, 6.45) is 1.62. The van der Waals surface area contributed by atoms with Crippen molar-refractivity contribution in [2.75, 3.05) is 11.9 Å². The Labute approximate surface area is 88.8 Å². The van der Waals surface area contributed by atoms with Crippen LogP contribution in [0.5, 0.6) is 0 Å². The molecule has 4 nitrogen and oxygen atoms in total. The Bertz CT molecular complexity index is 345. The Morgan fingerprint density at radius 1 is 1.71 bits per heavy atom. The maximum absolute atomic E-state index is 13.1. The topological polar surface area (TPSA) is 68.0 Å². The Balaban J connectivity index is 2.55. The van der Waals surface area contributed by atoms with Gasteiger partial charge in [0, 0.05) is 23.6 Å². The molecule has 0 atom stereocenters. The Morgan fingerprint density at radius 3 is 3.00 bits per heavy atom. The molecule has 1 aromatic rings. The Kier molecular flexibility index (Phi) is 3.82. The van der Waals surface area contributed by atoms with E-state index in [9.17, 15) is 9.18 Å². The van der Waals surface area contributed by atoms with E-state index in [2.05, 4.69) is 26.2 Å². The van der Waals surface area contributed by atoms with Gasteiger partial charge in [-0.3, -0.25) is 4.79 Å². The molecule has 1 heterocycles. The van der Waals surface area contributed by atoms with Crippen molar-refractivity contribution >= 4 is 27.7 Å². The van der Waals surface area contributed by atoms with E-state index >= 15 is 0 Å². The lowest BCUT2D eigenvalue weighted by atomic mass is 10.4. The lowest BCUT2D eigenvalue weighted by Crippen LogP contribution is -2.16. The summed E-state index contributed by atoms with van der Waals surface area (Å²) in [6.45, 7) is 0.279. The molecule has 1 rings (SSSR count). The number of rotatable bonds is 4. The third-order valence-corrected chi connectivity index (χ3v) is 1.91. The number of pyridine rings is 1. The highest BCUT2D eigenvalue weighted by molar-refractivity contribution is 9.10. The van der Waals surface area contributed by atoms with Gasteiger partial charge in [0.15, 0.2) is 11.6 Å². The fourth-order valence-corrected chi connectivity index (χ4v) is 1.15. The van der Waals surface area contributed by atoms with Crippen molar-refractivity contribution in [1.29, 1.82) is 0 Å². The van der Waals surface area contributed by atoms with Gasteiger partial charge in [0.05, 0.1) is 0 Å². The summed E-state index contributed by atoms with van der Waals surface area (Å²) >= 11 is 3.08. The summed E-state index contributed by atoms with van der Waals surface area (Å²) in [5.74, 6) is -0.784. The minimum absolute atomic E-state index is 0.120. The quantitative estimate of drug-likeness (QED) is 0.858. The van der Waals surface area contributed by atoms with E-state index in [4.69, 9.17) is 5.73 Å². The van der Waals surface area contributed by atoms with Crippen molar-refractivity contribution in [3.05, 3.63) is 22.6 Å². The molecule has 0 radical (unpaired) electrons.